The summed E-state index contributed by atoms with van der Waals surface area (Å²) in [7, 11) is -3.63. The van der Waals surface area contributed by atoms with Crippen LogP contribution < -0.4 is 4.72 Å². The van der Waals surface area contributed by atoms with Crippen LogP contribution in [0.5, 0.6) is 0 Å². The summed E-state index contributed by atoms with van der Waals surface area (Å²) >= 11 is 0. The number of sulfonamides is 1. The fourth-order valence-electron chi connectivity index (χ4n) is 2.70. The Morgan fingerprint density at radius 1 is 0.920 bits per heavy atom. The lowest BCUT2D eigenvalue weighted by Gasteiger charge is -2.13. The van der Waals surface area contributed by atoms with Gasteiger partial charge >= 0.3 is 0 Å². The highest BCUT2D eigenvalue weighted by Gasteiger charge is 2.16. The minimum absolute atomic E-state index is 0.273. The fourth-order valence-corrected chi connectivity index (χ4v) is 3.77. The highest BCUT2D eigenvalue weighted by atomic mass is 32.2. The Morgan fingerprint density at radius 2 is 1.60 bits per heavy atom. The predicted molar refractivity (Wildman–Crippen MR) is 102 cm³/mol. The number of aryl methyl sites for hydroxylation is 1. The maximum absolute atomic E-state index is 12.7. The first-order valence-electron chi connectivity index (χ1n) is 8.44. The molecule has 0 bridgehead atoms. The second kappa shape index (κ2) is 7.57. The molecule has 1 aromatic heterocycles. The molecule has 5 heteroatoms. The van der Waals surface area contributed by atoms with E-state index in [9.17, 15) is 8.42 Å². The van der Waals surface area contributed by atoms with Gasteiger partial charge in [-0.2, -0.15) is 0 Å². The molecular weight excluding hydrogens is 332 g/mol. The highest BCUT2D eigenvalue weighted by Crippen LogP contribution is 2.23. The minimum Gasteiger partial charge on any atom is -0.322 e. The normalized spacial score (nSPS) is 11.4. The molecule has 25 heavy (non-hydrogen) atoms. The topological polar surface area (TPSA) is 51.1 Å². The zero-order valence-corrected chi connectivity index (χ0v) is 15.0. The van der Waals surface area contributed by atoms with Gasteiger partial charge in [0.05, 0.1) is 16.3 Å². The molecule has 130 valence electrons. The lowest BCUT2D eigenvalue weighted by Crippen LogP contribution is -2.14. The number of aromatic nitrogens is 1. The molecule has 1 N–H and O–H groups in total. The molecule has 2 aromatic carbocycles. The van der Waals surface area contributed by atoms with E-state index in [2.05, 4.69) is 11.6 Å². The first-order valence-corrected chi connectivity index (χ1v) is 9.92. The van der Waals surface area contributed by atoms with Crippen LogP contribution in [0.3, 0.4) is 0 Å². The molecule has 3 aromatic rings. The second-order valence-electron chi connectivity index (χ2n) is 5.96. The molecule has 0 saturated carbocycles. The molecule has 1 heterocycles. The van der Waals surface area contributed by atoms with Crippen LogP contribution in [-0.2, 0) is 16.4 Å². The van der Waals surface area contributed by atoms with Crippen LogP contribution in [0.25, 0.3) is 5.69 Å². The van der Waals surface area contributed by atoms with E-state index in [-0.39, 0.29) is 4.90 Å². The molecule has 0 aliphatic carbocycles. The number of anilines is 1. The van der Waals surface area contributed by atoms with Gasteiger partial charge in [0.1, 0.15) is 0 Å². The number of para-hydroxylation sites is 2. The van der Waals surface area contributed by atoms with Gasteiger partial charge in [-0.1, -0.05) is 37.6 Å². The first kappa shape index (κ1) is 17.3. The zero-order valence-electron chi connectivity index (χ0n) is 14.2. The molecule has 0 spiro atoms. The van der Waals surface area contributed by atoms with Gasteiger partial charge in [-0.15, -0.1) is 0 Å². The van der Waals surface area contributed by atoms with Crippen molar-refractivity contribution < 1.29 is 8.42 Å². The summed E-state index contributed by atoms with van der Waals surface area (Å²) in [5.74, 6) is 0. The average Bonchev–Trinajstić information content (AvgIpc) is 3.15. The van der Waals surface area contributed by atoms with Crippen molar-refractivity contribution >= 4 is 15.7 Å². The molecule has 0 atom stereocenters. The second-order valence-corrected chi connectivity index (χ2v) is 7.64. The largest absolute Gasteiger partial charge is 0.322 e. The van der Waals surface area contributed by atoms with Crippen molar-refractivity contribution in [2.75, 3.05) is 4.72 Å². The van der Waals surface area contributed by atoms with Gasteiger partial charge in [-0.3, -0.25) is 4.72 Å². The molecule has 0 amide bonds. The van der Waals surface area contributed by atoms with Gasteiger partial charge in [0.15, 0.2) is 0 Å². The number of nitrogens with zero attached hydrogens (tertiary/aromatic N) is 1. The average molecular weight is 354 g/mol. The van der Waals surface area contributed by atoms with Gasteiger partial charge in [0.25, 0.3) is 10.0 Å². The van der Waals surface area contributed by atoms with Crippen molar-refractivity contribution in [3.05, 3.63) is 78.6 Å². The zero-order chi connectivity index (χ0) is 17.7. The lowest BCUT2D eigenvalue weighted by atomic mass is 10.1. The standard InChI is InChI=1S/C20H22N2O2S/c1-2-3-8-17-11-13-18(14-12-17)25(23,24)21-19-9-4-5-10-20(19)22-15-6-7-16-22/h4-7,9-16,21H,2-3,8H2,1H3. The predicted octanol–water partition coefficient (Wildman–Crippen LogP) is 4.62. The third-order valence-electron chi connectivity index (χ3n) is 4.08. The molecule has 0 fully saturated rings. The summed E-state index contributed by atoms with van der Waals surface area (Å²) in [6, 6.07) is 18.3. The number of nitrogens with one attached hydrogen (secondary N) is 1. The van der Waals surface area contributed by atoms with Gasteiger partial charge in [0.2, 0.25) is 0 Å². The summed E-state index contributed by atoms with van der Waals surface area (Å²) in [4.78, 5) is 0.273. The van der Waals surface area contributed by atoms with Crippen LogP contribution in [0, 0.1) is 0 Å². The summed E-state index contributed by atoms with van der Waals surface area (Å²) in [6.45, 7) is 2.14. The number of hydrogen-bond donors (Lipinski definition) is 1. The fraction of sp³-hybridized carbons (Fsp3) is 0.200. The molecule has 3 rings (SSSR count). The SMILES string of the molecule is CCCCc1ccc(S(=O)(=O)Nc2ccccc2-n2cccc2)cc1. The molecule has 0 aliphatic rings. The van der Waals surface area contributed by atoms with Crippen molar-refractivity contribution in [3.8, 4) is 5.69 Å². The molecule has 0 unspecified atom stereocenters. The van der Waals surface area contributed by atoms with Gasteiger partial charge in [-0.25, -0.2) is 8.42 Å². The number of unbranched alkanes of at least 4 members (excludes halogenated alkanes) is 1. The summed E-state index contributed by atoms with van der Waals surface area (Å²) in [5.41, 5.74) is 2.50. The van der Waals surface area contributed by atoms with E-state index in [1.807, 2.05) is 59.4 Å². The molecular formula is C20H22N2O2S. The summed E-state index contributed by atoms with van der Waals surface area (Å²) in [6.07, 6.45) is 6.97. The quantitative estimate of drug-likeness (QED) is 0.673. The van der Waals surface area contributed by atoms with E-state index in [0.29, 0.717) is 5.69 Å². The van der Waals surface area contributed by atoms with Crippen molar-refractivity contribution in [2.24, 2.45) is 0 Å². The van der Waals surface area contributed by atoms with Crippen LogP contribution in [-0.4, -0.2) is 13.0 Å². The monoisotopic (exact) mass is 354 g/mol. The first-order chi connectivity index (χ1) is 12.1. The van der Waals surface area contributed by atoms with Crippen LogP contribution >= 0.6 is 0 Å². The van der Waals surface area contributed by atoms with Gasteiger partial charge in [-0.05, 0) is 54.8 Å². The van der Waals surface area contributed by atoms with Crippen molar-refractivity contribution in [1.82, 2.24) is 4.57 Å². The van der Waals surface area contributed by atoms with Crippen LogP contribution in [0.15, 0.2) is 78.0 Å². The third-order valence-corrected chi connectivity index (χ3v) is 5.47. The minimum atomic E-state index is -3.63. The third kappa shape index (κ3) is 4.12. The molecule has 0 aliphatic heterocycles. The number of benzene rings is 2. The van der Waals surface area contributed by atoms with Gasteiger partial charge < -0.3 is 4.57 Å². The van der Waals surface area contributed by atoms with Crippen LogP contribution in [0.1, 0.15) is 25.3 Å². The Hall–Kier alpha value is -2.53. The van der Waals surface area contributed by atoms with E-state index < -0.39 is 10.0 Å². The van der Waals surface area contributed by atoms with Crippen molar-refractivity contribution in [2.45, 2.75) is 31.1 Å². The summed E-state index contributed by atoms with van der Waals surface area (Å²) < 4.78 is 30.0. The van der Waals surface area contributed by atoms with Crippen molar-refractivity contribution in [1.29, 1.82) is 0 Å². The smallest absolute Gasteiger partial charge is 0.261 e. The van der Waals surface area contributed by atoms with E-state index in [1.54, 1.807) is 18.2 Å². The number of hydrogen-bond acceptors (Lipinski definition) is 2. The van der Waals surface area contributed by atoms with Crippen LogP contribution in [0.2, 0.25) is 0 Å². The highest BCUT2D eigenvalue weighted by molar-refractivity contribution is 7.92. The Balaban J connectivity index is 1.85. The van der Waals surface area contributed by atoms with E-state index in [1.165, 1.54) is 0 Å². The van der Waals surface area contributed by atoms with Gasteiger partial charge in [0, 0.05) is 12.4 Å². The van der Waals surface area contributed by atoms with Crippen molar-refractivity contribution in [3.63, 3.8) is 0 Å². The van der Waals surface area contributed by atoms with Crippen LogP contribution in [0.4, 0.5) is 5.69 Å². The van der Waals surface area contributed by atoms with E-state index in [0.717, 1.165) is 30.5 Å². The number of rotatable bonds is 7. The maximum atomic E-state index is 12.7. The Bertz CT molecular complexity index is 915. The van der Waals surface area contributed by atoms with E-state index in [4.69, 9.17) is 0 Å². The molecule has 4 nitrogen and oxygen atoms in total. The van der Waals surface area contributed by atoms with E-state index >= 15 is 0 Å². The Kier molecular flexibility index (Phi) is 5.24. The molecule has 0 radical (unpaired) electrons. The Morgan fingerprint density at radius 3 is 2.28 bits per heavy atom. The lowest BCUT2D eigenvalue weighted by molar-refractivity contribution is 0.601. The summed E-state index contributed by atoms with van der Waals surface area (Å²) in [5, 5.41) is 0. The Labute approximate surface area is 149 Å². The molecule has 0 saturated heterocycles. The maximum Gasteiger partial charge on any atom is 0.261 e.